The predicted molar refractivity (Wildman–Crippen MR) is 73.5 cm³/mol. The molecule has 0 bridgehead atoms. The highest BCUT2D eigenvalue weighted by Crippen LogP contribution is 2.33. The SMILES string of the molecule is CCNC(C)c1nnc(N2CCc3ccccc32)o1. The lowest BCUT2D eigenvalue weighted by molar-refractivity contribution is 0.424. The Morgan fingerprint density at radius 2 is 2.21 bits per heavy atom. The standard InChI is InChI=1S/C14H18N4O/c1-3-15-10(2)13-16-17-14(19-13)18-9-8-11-6-4-5-7-12(11)18/h4-7,10,15H,3,8-9H2,1-2H3. The molecule has 1 aromatic heterocycles. The van der Waals surface area contributed by atoms with Gasteiger partial charge in [0.15, 0.2) is 0 Å². The molecule has 1 aromatic carbocycles. The molecule has 0 saturated heterocycles. The quantitative estimate of drug-likeness (QED) is 0.912. The summed E-state index contributed by atoms with van der Waals surface area (Å²) >= 11 is 0. The third-order valence-electron chi connectivity index (χ3n) is 3.43. The van der Waals surface area contributed by atoms with E-state index >= 15 is 0 Å². The topological polar surface area (TPSA) is 54.2 Å². The van der Waals surface area contributed by atoms with Crippen LogP contribution in [0.15, 0.2) is 28.7 Å². The summed E-state index contributed by atoms with van der Waals surface area (Å²) in [6, 6.07) is 9.02. The molecular formula is C14H18N4O. The number of nitrogens with zero attached hydrogens (tertiary/aromatic N) is 3. The molecule has 0 amide bonds. The fraction of sp³-hybridized carbons (Fsp3) is 0.429. The molecule has 5 heteroatoms. The van der Waals surface area contributed by atoms with E-state index in [4.69, 9.17) is 4.42 Å². The molecule has 1 aliphatic rings. The number of fused-ring (bicyclic) bond motifs is 1. The Bertz CT molecular complexity index is 566. The molecule has 0 fully saturated rings. The van der Waals surface area contributed by atoms with Gasteiger partial charge in [0.05, 0.1) is 6.04 Å². The lowest BCUT2D eigenvalue weighted by Crippen LogP contribution is -2.18. The molecule has 0 saturated carbocycles. The predicted octanol–water partition coefficient (Wildman–Crippen LogP) is 2.43. The van der Waals surface area contributed by atoms with E-state index in [1.165, 1.54) is 11.3 Å². The van der Waals surface area contributed by atoms with Crippen molar-refractivity contribution in [3.05, 3.63) is 35.7 Å². The van der Waals surface area contributed by atoms with Gasteiger partial charge in [0.25, 0.3) is 0 Å². The number of hydrogen-bond acceptors (Lipinski definition) is 5. The van der Waals surface area contributed by atoms with Crippen molar-refractivity contribution in [2.75, 3.05) is 18.0 Å². The van der Waals surface area contributed by atoms with Crippen LogP contribution in [0.25, 0.3) is 0 Å². The molecule has 0 aliphatic carbocycles. The monoisotopic (exact) mass is 258 g/mol. The zero-order valence-corrected chi connectivity index (χ0v) is 11.3. The fourth-order valence-electron chi connectivity index (χ4n) is 2.44. The van der Waals surface area contributed by atoms with Gasteiger partial charge >= 0.3 is 6.01 Å². The third-order valence-corrected chi connectivity index (χ3v) is 3.43. The maximum absolute atomic E-state index is 5.78. The van der Waals surface area contributed by atoms with Crippen LogP contribution in [0.5, 0.6) is 0 Å². The van der Waals surface area contributed by atoms with Gasteiger partial charge < -0.3 is 9.73 Å². The van der Waals surface area contributed by atoms with Crippen molar-refractivity contribution in [3.8, 4) is 0 Å². The second-order valence-electron chi connectivity index (χ2n) is 4.73. The van der Waals surface area contributed by atoms with Gasteiger partial charge in [-0.1, -0.05) is 30.2 Å². The van der Waals surface area contributed by atoms with Crippen LogP contribution in [-0.2, 0) is 6.42 Å². The van der Waals surface area contributed by atoms with Crippen molar-refractivity contribution in [1.29, 1.82) is 0 Å². The average molecular weight is 258 g/mol. The van der Waals surface area contributed by atoms with Crippen LogP contribution in [-0.4, -0.2) is 23.3 Å². The van der Waals surface area contributed by atoms with Crippen molar-refractivity contribution < 1.29 is 4.42 Å². The van der Waals surface area contributed by atoms with Crippen molar-refractivity contribution in [3.63, 3.8) is 0 Å². The van der Waals surface area contributed by atoms with Gasteiger partial charge in [0.2, 0.25) is 5.89 Å². The highest BCUT2D eigenvalue weighted by atomic mass is 16.4. The first-order chi connectivity index (χ1) is 9.29. The van der Waals surface area contributed by atoms with E-state index in [2.05, 4.69) is 45.5 Å². The Hall–Kier alpha value is -1.88. The lowest BCUT2D eigenvalue weighted by atomic mass is 10.2. The van der Waals surface area contributed by atoms with E-state index in [0.29, 0.717) is 11.9 Å². The summed E-state index contributed by atoms with van der Waals surface area (Å²) in [4.78, 5) is 2.09. The van der Waals surface area contributed by atoms with Crippen LogP contribution < -0.4 is 10.2 Å². The summed E-state index contributed by atoms with van der Waals surface area (Å²) in [5, 5.41) is 11.6. The van der Waals surface area contributed by atoms with Crippen LogP contribution in [0.2, 0.25) is 0 Å². The van der Waals surface area contributed by atoms with Crippen LogP contribution in [0.1, 0.15) is 31.3 Å². The normalized spacial score (nSPS) is 15.6. The zero-order valence-electron chi connectivity index (χ0n) is 11.3. The maximum Gasteiger partial charge on any atom is 0.322 e. The number of hydrogen-bond donors (Lipinski definition) is 1. The molecule has 2 aromatic rings. The molecule has 0 spiro atoms. The van der Waals surface area contributed by atoms with Gasteiger partial charge in [-0.3, -0.25) is 4.90 Å². The van der Waals surface area contributed by atoms with Crippen molar-refractivity contribution in [1.82, 2.24) is 15.5 Å². The molecule has 1 unspecified atom stereocenters. The van der Waals surface area contributed by atoms with Gasteiger partial charge in [0, 0.05) is 12.2 Å². The molecule has 3 rings (SSSR count). The Balaban J connectivity index is 1.85. The van der Waals surface area contributed by atoms with Crippen molar-refractivity contribution >= 4 is 11.7 Å². The first-order valence-electron chi connectivity index (χ1n) is 6.72. The molecule has 5 nitrogen and oxygen atoms in total. The molecule has 1 atom stereocenters. The molecule has 2 heterocycles. The van der Waals surface area contributed by atoms with Crippen LogP contribution >= 0.6 is 0 Å². The number of rotatable bonds is 4. The number of anilines is 2. The maximum atomic E-state index is 5.78. The Morgan fingerprint density at radius 3 is 3.05 bits per heavy atom. The van der Waals surface area contributed by atoms with E-state index in [-0.39, 0.29) is 6.04 Å². The van der Waals surface area contributed by atoms with E-state index < -0.39 is 0 Å². The van der Waals surface area contributed by atoms with Crippen molar-refractivity contribution in [2.24, 2.45) is 0 Å². The second-order valence-corrected chi connectivity index (χ2v) is 4.73. The smallest absolute Gasteiger partial charge is 0.322 e. The number of para-hydroxylation sites is 1. The van der Waals surface area contributed by atoms with Crippen LogP contribution in [0, 0.1) is 0 Å². The van der Waals surface area contributed by atoms with Gasteiger partial charge in [-0.05, 0) is 31.5 Å². The molecule has 100 valence electrons. The summed E-state index contributed by atoms with van der Waals surface area (Å²) in [5.41, 5.74) is 2.51. The summed E-state index contributed by atoms with van der Waals surface area (Å²) in [7, 11) is 0. The Labute approximate surface area is 112 Å². The van der Waals surface area contributed by atoms with Gasteiger partial charge in [-0.2, -0.15) is 0 Å². The Kier molecular flexibility index (Phi) is 3.21. The molecule has 19 heavy (non-hydrogen) atoms. The van der Waals surface area contributed by atoms with Gasteiger partial charge in [0.1, 0.15) is 0 Å². The second kappa shape index (κ2) is 5.01. The van der Waals surface area contributed by atoms with Crippen LogP contribution in [0.4, 0.5) is 11.7 Å². The first kappa shape index (κ1) is 12.2. The summed E-state index contributed by atoms with van der Waals surface area (Å²) in [5.74, 6) is 0.640. The zero-order chi connectivity index (χ0) is 13.2. The highest BCUT2D eigenvalue weighted by Gasteiger charge is 2.25. The largest absolute Gasteiger partial charge is 0.406 e. The number of aromatic nitrogens is 2. The fourth-order valence-corrected chi connectivity index (χ4v) is 2.44. The minimum Gasteiger partial charge on any atom is -0.406 e. The van der Waals surface area contributed by atoms with E-state index in [0.717, 1.165) is 19.5 Å². The lowest BCUT2D eigenvalue weighted by Gasteiger charge is -2.13. The minimum atomic E-state index is 0.0871. The number of nitrogens with one attached hydrogen (secondary N) is 1. The average Bonchev–Trinajstić information content (AvgIpc) is 3.05. The van der Waals surface area contributed by atoms with Gasteiger partial charge in [-0.15, -0.1) is 5.10 Å². The molecule has 0 radical (unpaired) electrons. The third kappa shape index (κ3) is 2.21. The van der Waals surface area contributed by atoms with Crippen LogP contribution in [0.3, 0.4) is 0 Å². The minimum absolute atomic E-state index is 0.0871. The molecule has 1 N–H and O–H groups in total. The number of benzene rings is 1. The molecular weight excluding hydrogens is 240 g/mol. The van der Waals surface area contributed by atoms with E-state index in [1.54, 1.807) is 0 Å². The summed E-state index contributed by atoms with van der Waals surface area (Å²) < 4.78 is 5.78. The Morgan fingerprint density at radius 1 is 1.37 bits per heavy atom. The van der Waals surface area contributed by atoms with E-state index in [1.807, 2.05) is 13.0 Å². The van der Waals surface area contributed by atoms with E-state index in [9.17, 15) is 0 Å². The highest BCUT2D eigenvalue weighted by molar-refractivity contribution is 5.64. The summed E-state index contributed by atoms with van der Waals surface area (Å²) in [6.07, 6.45) is 1.02. The summed E-state index contributed by atoms with van der Waals surface area (Å²) in [6.45, 7) is 5.87. The van der Waals surface area contributed by atoms with Gasteiger partial charge in [-0.25, -0.2) is 0 Å². The first-order valence-corrected chi connectivity index (χ1v) is 6.72. The van der Waals surface area contributed by atoms with Crippen molar-refractivity contribution in [2.45, 2.75) is 26.3 Å². The molecule has 1 aliphatic heterocycles.